The van der Waals surface area contributed by atoms with Crippen LogP contribution < -0.4 is 5.73 Å². The molecule has 2 atom stereocenters. The summed E-state index contributed by atoms with van der Waals surface area (Å²) < 4.78 is 10.7. The average molecular weight is 273 g/mol. The Balaban J connectivity index is 1.69. The van der Waals surface area contributed by atoms with Crippen molar-refractivity contribution in [1.82, 2.24) is 10.1 Å². The highest BCUT2D eigenvalue weighted by molar-refractivity contribution is 5.16. The van der Waals surface area contributed by atoms with Gasteiger partial charge in [-0.05, 0) is 30.7 Å². The molecule has 2 N–H and O–H groups in total. The van der Waals surface area contributed by atoms with Crippen LogP contribution in [-0.2, 0) is 11.2 Å². The van der Waals surface area contributed by atoms with Crippen LogP contribution in [0.4, 0.5) is 0 Å². The van der Waals surface area contributed by atoms with Crippen molar-refractivity contribution >= 4 is 0 Å². The molecule has 2 aromatic rings. The van der Waals surface area contributed by atoms with E-state index in [1.54, 1.807) is 7.11 Å². The Hall–Kier alpha value is -1.72. The highest BCUT2D eigenvalue weighted by Gasteiger charge is 2.36. The van der Waals surface area contributed by atoms with Crippen molar-refractivity contribution in [2.24, 2.45) is 11.7 Å². The van der Waals surface area contributed by atoms with Gasteiger partial charge in [0.15, 0.2) is 0 Å². The van der Waals surface area contributed by atoms with Crippen LogP contribution in [-0.4, -0.2) is 17.3 Å². The first-order valence-electron chi connectivity index (χ1n) is 6.93. The quantitative estimate of drug-likeness (QED) is 0.874. The molecule has 1 fully saturated rings. The summed E-state index contributed by atoms with van der Waals surface area (Å²) in [4.78, 5) is 4.41. The molecule has 5 nitrogen and oxygen atoms in total. The van der Waals surface area contributed by atoms with E-state index in [1.807, 2.05) is 30.3 Å². The van der Waals surface area contributed by atoms with E-state index in [9.17, 15) is 0 Å². The molecule has 1 aromatic heterocycles. The predicted molar refractivity (Wildman–Crippen MR) is 73.8 cm³/mol. The minimum absolute atomic E-state index is 0.0589. The first kappa shape index (κ1) is 13.3. The Labute approximate surface area is 118 Å². The Morgan fingerprint density at radius 2 is 2.10 bits per heavy atom. The fourth-order valence-corrected chi connectivity index (χ4v) is 2.38. The number of nitrogens with zero attached hydrogens (tertiary/aromatic N) is 2. The third-order valence-corrected chi connectivity index (χ3v) is 3.63. The molecule has 0 saturated heterocycles. The molecule has 1 aromatic carbocycles. The number of rotatable bonds is 6. The van der Waals surface area contributed by atoms with Crippen molar-refractivity contribution in [3.63, 3.8) is 0 Å². The van der Waals surface area contributed by atoms with Crippen LogP contribution in [0.25, 0.3) is 0 Å². The fourth-order valence-electron chi connectivity index (χ4n) is 2.38. The van der Waals surface area contributed by atoms with Crippen molar-refractivity contribution in [3.05, 3.63) is 47.6 Å². The van der Waals surface area contributed by atoms with Gasteiger partial charge in [-0.1, -0.05) is 35.5 Å². The van der Waals surface area contributed by atoms with E-state index in [2.05, 4.69) is 10.1 Å². The Morgan fingerprint density at radius 1 is 1.35 bits per heavy atom. The predicted octanol–water partition coefficient (Wildman–Crippen LogP) is 2.41. The number of benzene rings is 1. The lowest BCUT2D eigenvalue weighted by Gasteiger charge is -2.09. The van der Waals surface area contributed by atoms with Crippen LogP contribution in [0.3, 0.4) is 0 Å². The average Bonchev–Trinajstić information content (AvgIpc) is 3.17. The summed E-state index contributed by atoms with van der Waals surface area (Å²) in [6.45, 7) is 0. The first-order valence-corrected chi connectivity index (χ1v) is 6.93. The van der Waals surface area contributed by atoms with Crippen LogP contribution in [0.2, 0.25) is 0 Å². The van der Waals surface area contributed by atoms with Gasteiger partial charge in [0, 0.05) is 7.11 Å². The zero-order valence-electron chi connectivity index (χ0n) is 11.5. The Kier molecular flexibility index (Phi) is 3.80. The molecule has 0 aliphatic heterocycles. The number of ether oxygens (including phenoxy) is 1. The summed E-state index contributed by atoms with van der Waals surface area (Å²) in [5, 5.41) is 4.02. The third kappa shape index (κ3) is 2.89. The van der Waals surface area contributed by atoms with Gasteiger partial charge in [0.25, 0.3) is 0 Å². The Morgan fingerprint density at radius 3 is 2.75 bits per heavy atom. The molecular formula is C15H19N3O2. The number of nitrogens with two attached hydrogens (primary N) is 1. The lowest BCUT2D eigenvalue weighted by molar-refractivity contribution is 0.0751. The number of aromatic nitrogens is 2. The molecule has 1 heterocycles. The highest BCUT2D eigenvalue weighted by Crippen LogP contribution is 2.42. The van der Waals surface area contributed by atoms with E-state index >= 15 is 0 Å². The second-order valence-corrected chi connectivity index (χ2v) is 5.28. The molecule has 1 aliphatic rings. The molecule has 1 saturated carbocycles. The molecular weight excluding hydrogens is 254 g/mol. The van der Waals surface area contributed by atoms with Gasteiger partial charge in [0.1, 0.15) is 6.10 Å². The normalized spacial score (nSPS) is 17.9. The van der Waals surface area contributed by atoms with Gasteiger partial charge >= 0.3 is 0 Å². The maximum Gasteiger partial charge on any atom is 0.243 e. The van der Waals surface area contributed by atoms with Crippen LogP contribution in [0.1, 0.15) is 42.3 Å². The van der Waals surface area contributed by atoms with Gasteiger partial charge in [-0.25, -0.2) is 0 Å². The molecule has 1 aliphatic carbocycles. The summed E-state index contributed by atoms with van der Waals surface area (Å²) in [6.07, 6.45) is 2.96. The summed E-state index contributed by atoms with van der Waals surface area (Å²) >= 11 is 0. The minimum Gasteiger partial charge on any atom is -0.373 e. The van der Waals surface area contributed by atoms with Gasteiger partial charge in [-0.3, -0.25) is 0 Å². The fraction of sp³-hybridized carbons (Fsp3) is 0.467. The second kappa shape index (κ2) is 5.73. The number of hydrogen-bond acceptors (Lipinski definition) is 5. The van der Waals surface area contributed by atoms with Gasteiger partial charge in [-0.15, -0.1) is 0 Å². The second-order valence-electron chi connectivity index (χ2n) is 5.28. The maximum atomic E-state index is 6.14. The lowest BCUT2D eigenvalue weighted by Crippen LogP contribution is -2.14. The zero-order chi connectivity index (χ0) is 13.9. The van der Waals surface area contributed by atoms with Crippen molar-refractivity contribution < 1.29 is 9.26 Å². The van der Waals surface area contributed by atoms with E-state index in [0.717, 1.165) is 5.56 Å². The molecule has 5 heteroatoms. The SMILES string of the molecule is COC(c1noc([C@@H](N)Cc2ccccc2)n1)C1CC1. The van der Waals surface area contributed by atoms with Crippen molar-refractivity contribution in [3.8, 4) is 0 Å². The van der Waals surface area contributed by atoms with Crippen molar-refractivity contribution in [1.29, 1.82) is 0 Å². The van der Waals surface area contributed by atoms with Crippen LogP contribution in [0.15, 0.2) is 34.9 Å². The zero-order valence-corrected chi connectivity index (χ0v) is 11.5. The van der Waals surface area contributed by atoms with Gasteiger partial charge < -0.3 is 15.0 Å². The largest absolute Gasteiger partial charge is 0.373 e. The first-order chi connectivity index (χ1) is 9.78. The molecule has 3 rings (SSSR count). The minimum atomic E-state index is -0.282. The standard InChI is InChI=1S/C15H19N3O2/c1-19-13(11-7-8-11)14-17-15(20-18-14)12(16)9-10-5-3-2-4-6-10/h2-6,11-13H,7-9,16H2,1H3/t12-,13?/m0/s1. The highest BCUT2D eigenvalue weighted by atomic mass is 16.5. The lowest BCUT2D eigenvalue weighted by atomic mass is 10.1. The maximum absolute atomic E-state index is 6.14. The molecule has 1 unspecified atom stereocenters. The number of hydrogen-bond donors (Lipinski definition) is 1. The van der Waals surface area contributed by atoms with Crippen LogP contribution in [0, 0.1) is 5.92 Å². The van der Waals surface area contributed by atoms with Crippen LogP contribution >= 0.6 is 0 Å². The molecule has 106 valence electrons. The molecule has 0 radical (unpaired) electrons. The van der Waals surface area contributed by atoms with E-state index in [1.165, 1.54) is 12.8 Å². The summed E-state index contributed by atoms with van der Waals surface area (Å²) in [6, 6.07) is 9.78. The molecule has 20 heavy (non-hydrogen) atoms. The molecule has 0 amide bonds. The smallest absolute Gasteiger partial charge is 0.243 e. The van der Waals surface area contributed by atoms with Gasteiger partial charge in [0.2, 0.25) is 11.7 Å². The van der Waals surface area contributed by atoms with E-state index in [0.29, 0.717) is 24.1 Å². The number of methoxy groups -OCH3 is 1. The summed E-state index contributed by atoms with van der Waals surface area (Å²) in [5.41, 5.74) is 7.29. The molecule has 0 spiro atoms. The third-order valence-electron chi connectivity index (χ3n) is 3.63. The van der Waals surface area contributed by atoms with Gasteiger partial charge in [-0.2, -0.15) is 4.98 Å². The topological polar surface area (TPSA) is 74.2 Å². The van der Waals surface area contributed by atoms with Crippen molar-refractivity contribution in [2.45, 2.75) is 31.4 Å². The Bertz CT molecular complexity index is 551. The summed E-state index contributed by atoms with van der Waals surface area (Å²) in [5.74, 6) is 1.62. The monoisotopic (exact) mass is 273 g/mol. The van der Waals surface area contributed by atoms with Crippen LogP contribution in [0.5, 0.6) is 0 Å². The van der Waals surface area contributed by atoms with Crippen molar-refractivity contribution in [2.75, 3.05) is 7.11 Å². The van der Waals surface area contributed by atoms with E-state index in [-0.39, 0.29) is 12.1 Å². The van der Waals surface area contributed by atoms with Gasteiger partial charge in [0.05, 0.1) is 6.04 Å². The molecule has 0 bridgehead atoms. The summed E-state index contributed by atoms with van der Waals surface area (Å²) in [7, 11) is 1.68. The van der Waals surface area contributed by atoms with E-state index in [4.69, 9.17) is 15.0 Å². The van der Waals surface area contributed by atoms with E-state index < -0.39 is 0 Å².